The van der Waals surface area contributed by atoms with E-state index in [0.717, 1.165) is 0 Å². The second-order valence-electron chi connectivity index (χ2n) is 5.52. The molecule has 2 aliphatic rings. The Morgan fingerprint density at radius 2 is 1.52 bits per heavy atom. The van der Waals surface area contributed by atoms with Gasteiger partial charge in [0.15, 0.2) is 12.6 Å². The predicted molar refractivity (Wildman–Crippen MR) is 78.7 cm³/mol. The first-order valence-corrected chi connectivity index (χ1v) is 8.65. The van der Waals surface area contributed by atoms with Crippen molar-refractivity contribution < 1.29 is 44.5 Å². The van der Waals surface area contributed by atoms with Gasteiger partial charge < -0.3 is 44.5 Å². The summed E-state index contributed by atoms with van der Waals surface area (Å²) in [6.45, 7) is -0.492. The van der Waals surface area contributed by atoms with E-state index < -0.39 is 61.9 Å². The predicted octanol–water partition coefficient (Wildman–Crippen LogP) is -2.73. The van der Waals surface area contributed by atoms with Crippen molar-refractivity contribution in [3.05, 3.63) is 0 Å². The van der Waals surface area contributed by atoms with Crippen LogP contribution in [0.3, 0.4) is 0 Å². The van der Waals surface area contributed by atoms with E-state index in [1.807, 2.05) is 6.26 Å². The highest BCUT2D eigenvalue weighted by atomic mass is 32.2. The Balaban J connectivity index is 2.05. The van der Waals surface area contributed by atoms with Crippen LogP contribution in [0, 0.1) is 0 Å². The molecule has 0 saturated carbocycles. The van der Waals surface area contributed by atoms with Crippen molar-refractivity contribution in [2.24, 2.45) is 0 Å². The zero-order valence-electron chi connectivity index (χ0n) is 12.9. The Morgan fingerprint density at radius 3 is 2.09 bits per heavy atom. The van der Waals surface area contributed by atoms with Crippen molar-refractivity contribution in [2.75, 3.05) is 25.7 Å². The van der Waals surface area contributed by atoms with Crippen LogP contribution in [0.15, 0.2) is 0 Å². The molecule has 2 saturated heterocycles. The molecular weight excluding hydrogens is 332 g/mol. The summed E-state index contributed by atoms with van der Waals surface area (Å²) in [6.07, 6.45) is -8.47. The van der Waals surface area contributed by atoms with Gasteiger partial charge in [-0.15, -0.1) is 0 Å². The number of aliphatic hydroxyl groups is 5. The maximum Gasteiger partial charge on any atom is 0.187 e. The molecule has 10 heteroatoms. The van der Waals surface area contributed by atoms with Crippen LogP contribution in [0.5, 0.6) is 0 Å². The number of thioether (sulfide) groups is 1. The molecule has 2 heterocycles. The van der Waals surface area contributed by atoms with Crippen molar-refractivity contribution in [1.29, 1.82) is 0 Å². The van der Waals surface area contributed by atoms with E-state index in [2.05, 4.69) is 0 Å². The Hall–Kier alpha value is -0.0100. The SMILES string of the molecule is COC1OC(CO)[C@H](O[C@@H]2O[C@H](CSC)C(O)[C@@H]2O)[C@H](O)[C@H]1O. The molecule has 5 N–H and O–H groups in total. The molecule has 2 rings (SSSR count). The summed E-state index contributed by atoms with van der Waals surface area (Å²) >= 11 is 1.44. The molecule has 0 aromatic carbocycles. The molecule has 2 aliphatic heterocycles. The number of aliphatic hydroxyl groups excluding tert-OH is 5. The average Bonchev–Trinajstić information content (AvgIpc) is 2.81. The van der Waals surface area contributed by atoms with Crippen molar-refractivity contribution in [1.82, 2.24) is 0 Å². The quantitative estimate of drug-likeness (QED) is 0.341. The van der Waals surface area contributed by atoms with E-state index in [9.17, 15) is 25.5 Å². The third-order valence-electron chi connectivity index (χ3n) is 3.99. The van der Waals surface area contributed by atoms with Gasteiger partial charge >= 0.3 is 0 Å². The summed E-state index contributed by atoms with van der Waals surface area (Å²) in [7, 11) is 1.30. The fraction of sp³-hybridized carbons (Fsp3) is 1.00. The molecule has 23 heavy (non-hydrogen) atoms. The van der Waals surface area contributed by atoms with Crippen LogP contribution in [-0.4, -0.2) is 107 Å². The maximum atomic E-state index is 10.2. The van der Waals surface area contributed by atoms with Crippen molar-refractivity contribution in [3.8, 4) is 0 Å². The second-order valence-corrected chi connectivity index (χ2v) is 6.43. The number of methoxy groups -OCH3 is 1. The lowest BCUT2D eigenvalue weighted by atomic mass is 9.99. The van der Waals surface area contributed by atoms with Gasteiger partial charge in [0, 0.05) is 12.9 Å². The maximum absolute atomic E-state index is 10.2. The Bertz CT molecular complexity index is 371. The van der Waals surface area contributed by atoms with Crippen molar-refractivity contribution in [2.45, 2.75) is 55.3 Å². The number of hydrogen-bond donors (Lipinski definition) is 5. The van der Waals surface area contributed by atoms with Gasteiger partial charge in [0.25, 0.3) is 0 Å². The van der Waals surface area contributed by atoms with Gasteiger partial charge in [-0.05, 0) is 6.26 Å². The molecule has 0 spiro atoms. The molecule has 9 nitrogen and oxygen atoms in total. The molecule has 0 radical (unpaired) electrons. The van der Waals surface area contributed by atoms with Crippen LogP contribution in [-0.2, 0) is 18.9 Å². The number of ether oxygens (including phenoxy) is 4. The molecule has 0 aromatic rings. The molecule has 0 aromatic heterocycles. The van der Waals surface area contributed by atoms with E-state index in [-0.39, 0.29) is 0 Å². The average molecular weight is 356 g/mol. The van der Waals surface area contributed by atoms with Gasteiger partial charge in [0.2, 0.25) is 0 Å². The second kappa shape index (κ2) is 8.39. The molecule has 0 amide bonds. The minimum absolute atomic E-state index is 0.458. The molecule has 0 aliphatic carbocycles. The Labute approximate surface area is 138 Å². The van der Waals surface area contributed by atoms with Crippen LogP contribution in [0.4, 0.5) is 0 Å². The highest BCUT2D eigenvalue weighted by Gasteiger charge is 2.50. The molecule has 9 atom stereocenters. The van der Waals surface area contributed by atoms with E-state index in [1.54, 1.807) is 0 Å². The number of rotatable bonds is 6. The normalized spacial score (nSPS) is 47.9. The van der Waals surface area contributed by atoms with Crippen LogP contribution >= 0.6 is 11.8 Å². The third-order valence-corrected chi connectivity index (χ3v) is 4.66. The first-order chi connectivity index (χ1) is 10.9. The smallest absolute Gasteiger partial charge is 0.187 e. The lowest BCUT2D eigenvalue weighted by molar-refractivity contribution is -0.325. The van der Waals surface area contributed by atoms with Gasteiger partial charge in [-0.25, -0.2) is 0 Å². The minimum Gasteiger partial charge on any atom is -0.394 e. The zero-order chi connectivity index (χ0) is 17.1. The molecule has 3 unspecified atom stereocenters. The summed E-state index contributed by atoms with van der Waals surface area (Å²) in [6, 6.07) is 0. The van der Waals surface area contributed by atoms with Gasteiger partial charge in [0.1, 0.15) is 36.6 Å². The summed E-state index contributed by atoms with van der Waals surface area (Å²) < 4.78 is 21.2. The monoisotopic (exact) mass is 356 g/mol. The van der Waals surface area contributed by atoms with Crippen LogP contribution in [0.2, 0.25) is 0 Å². The van der Waals surface area contributed by atoms with Crippen LogP contribution < -0.4 is 0 Å². The molecular formula is C13H24O9S. The van der Waals surface area contributed by atoms with Gasteiger partial charge in [0.05, 0.1) is 12.7 Å². The number of hydrogen-bond acceptors (Lipinski definition) is 10. The third kappa shape index (κ3) is 3.98. The summed E-state index contributed by atoms with van der Waals surface area (Å²) in [5.74, 6) is 0.458. The first-order valence-electron chi connectivity index (χ1n) is 7.25. The van der Waals surface area contributed by atoms with Crippen molar-refractivity contribution in [3.63, 3.8) is 0 Å². The lowest BCUT2D eigenvalue weighted by Crippen LogP contribution is -2.61. The fourth-order valence-electron chi connectivity index (χ4n) is 2.70. The standard InChI is InChI=1S/C13H24O9S/c1-19-12-10(18)8(16)11(5(3-14)20-12)22-13-9(17)7(15)6(21-13)4-23-2/h5-18H,3-4H2,1-2H3/t5?,6-,7?,8-,9+,10-,11+,12?,13+/m1/s1. The fourth-order valence-corrected chi connectivity index (χ4v) is 3.30. The topological polar surface area (TPSA) is 138 Å². The van der Waals surface area contributed by atoms with Crippen LogP contribution in [0.1, 0.15) is 0 Å². The summed E-state index contributed by atoms with van der Waals surface area (Å²) in [5, 5.41) is 49.4. The van der Waals surface area contributed by atoms with Crippen LogP contribution in [0.25, 0.3) is 0 Å². The van der Waals surface area contributed by atoms with E-state index in [1.165, 1.54) is 18.9 Å². The van der Waals surface area contributed by atoms with Gasteiger partial charge in [-0.1, -0.05) is 0 Å². The Morgan fingerprint density at radius 1 is 0.913 bits per heavy atom. The van der Waals surface area contributed by atoms with Gasteiger partial charge in [-0.2, -0.15) is 11.8 Å². The van der Waals surface area contributed by atoms with Gasteiger partial charge in [-0.3, -0.25) is 0 Å². The Kier molecular flexibility index (Phi) is 7.04. The highest BCUT2D eigenvalue weighted by molar-refractivity contribution is 7.98. The lowest BCUT2D eigenvalue weighted by Gasteiger charge is -2.42. The largest absolute Gasteiger partial charge is 0.394 e. The van der Waals surface area contributed by atoms with E-state index in [0.29, 0.717) is 5.75 Å². The molecule has 0 bridgehead atoms. The summed E-state index contributed by atoms with van der Waals surface area (Å²) in [5.41, 5.74) is 0. The molecule has 136 valence electrons. The summed E-state index contributed by atoms with van der Waals surface area (Å²) in [4.78, 5) is 0. The highest BCUT2D eigenvalue weighted by Crippen LogP contribution is 2.30. The van der Waals surface area contributed by atoms with E-state index in [4.69, 9.17) is 18.9 Å². The molecule has 2 fully saturated rings. The minimum atomic E-state index is -1.42. The van der Waals surface area contributed by atoms with E-state index >= 15 is 0 Å². The first kappa shape index (κ1) is 19.3. The van der Waals surface area contributed by atoms with Crippen molar-refractivity contribution >= 4 is 11.8 Å². The zero-order valence-corrected chi connectivity index (χ0v) is 13.7.